The highest BCUT2D eigenvalue weighted by molar-refractivity contribution is 9.10. The Bertz CT molecular complexity index is 760. The molecule has 1 heterocycles. The van der Waals surface area contributed by atoms with E-state index >= 15 is 0 Å². The lowest BCUT2D eigenvalue weighted by Crippen LogP contribution is -2.50. The van der Waals surface area contributed by atoms with Crippen LogP contribution in [0.1, 0.15) is 70.4 Å². The molecule has 0 aromatic heterocycles. The number of ether oxygens (including phenoxy) is 1. The zero-order chi connectivity index (χ0) is 19.3. The number of hydrogen-bond donors (Lipinski definition) is 1. The molecule has 0 radical (unpaired) electrons. The molecule has 26 heavy (non-hydrogen) atoms. The van der Waals surface area contributed by atoms with Crippen molar-refractivity contribution < 1.29 is 14.3 Å². The maximum atomic E-state index is 12.8. The number of fused-ring (bicyclic) bond motifs is 3. The molecule has 1 aliphatic heterocycles. The summed E-state index contributed by atoms with van der Waals surface area (Å²) in [6.45, 7) is 8.46. The molecule has 3 atom stereocenters. The summed E-state index contributed by atoms with van der Waals surface area (Å²) < 4.78 is 6.11. The zero-order valence-corrected chi connectivity index (χ0v) is 17.8. The number of nitrogens with one attached hydrogen (secondary N) is 1. The molecule has 0 saturated heterocycles. The highest BCUT2D eigenvalue weighted by Crippen LogP contribution is 2.58. The van der Waals surface area contributed by atoms with Crippen molar-refractivity contribution in [2.75, 3.05) is 12.4 Å². The number of rotatable bonds is 2. The van der Waals surface area contributed by atoms with E-state index in [0.29, 0.717) is 12.3 Å². The number of esters is 1. The average molecular weight is 422 g/mol. The monoisotopic (exact) mass is 421 g/mol. The first-order chi connectivity index (χ1) is 12.1. The molecule has 3 rings (SSSR count). The summed E-state index contributed by atoms with van der Waals surface area (Å²) in [4.78, 5) is 25.5. The predicted molar refractivity (Wildman–Crippen MR) is 106 cm³/mol. The van der Waals surface area contributed by atoms with Gasteiger partial charge in [-0.1, -0.05) is 39.3 Å². The predicted octanol–water partition coefficient (Wildman–Crippen LogP) is 5.15. The molecule has 1 N–H and O–H groups in total. The Morgan fingerprint density at radius 1 is 1.31 bits per heavy atom. The van der Waals surface area contributed by atoms with E-state index in [1.807, 2.05) is 6.92 Å². The van der Waals surface area contributed by atoms with Crippen LogP contribution in [0.15, 0.2) is 16.6 Å². The maximum absolute atomic E-state index is 12.8. The van der Waals surface area contributed by atoms with E-state index in [9.17, 15) is 9.59 Å². The van der Waals surface area contributed by atoms with Gasteiger partial charge in [-0.05, 0) is 64.1 Å². The molecule has 0 bridgehead atoms. The van der Waals surface area contributed by atoms with Crippen molar-refractivity contribution in [1.82, 2.24) is 0 Å². The fourth-order valence-corrected chi connectivity index (χ4v) is 6.04. The van der Waals surface area contributed by atoms with E-state index in [4.69, 9.17) is 4.74 Å². The van der Waals surface area contributed by atoms with E-state index in [2.05, 4.69) is 54.2 Å². The van der Waals surface area contributed by atoms with Crippen LogP contribution in [-0.2, 0) is 19.7 Å². The standard InChI is InChI=1S/C21H28BrNO3/c1-12(2)13-7-8-14-18(17(13)22)23-16(24)11-15-20(14,3)9-6-10-21(15,4)19(25)26-5/h7-8,12,15H,6,9-11H2,1-5H3,(H,23,24). The van der Waals surface area contributed by atoms with Crippen LogP contribution in [0.25, 0.3) is 0 Å². The van der Waals surface area contributed by atoms with Crippen molar-refractivity contribution in [1.29, 1.82) is 0 Å². The van der Waals surface area contributed by atoms with Crippen LogP contribution >= 0.6 is 15.9 Å². The maximum Gasteiger partial charge on any atom is 0.311 e. The van der Waals surface area contributed by atoms with Crippen LogP contribution in [0.5, 0.6) is 0 Å². The molecule has 1 aromatic rings. The second kappa shape index (κ2) is 6.66. The van der Waals surface area contributed by atoms with E-state index < -0.39 is 5.41 Å². The van der Waals surface area contributed by atoms with Crippen LogP contribution in [0.2, 0.25) is 0 Å². The number of halogens is 1. The van der Waals surface area contributed by atoms with Gasteiger partial charge >= 0.3 is 5.97 Å². The van der Waals surface area contributed by atoms with E-state index in [1.165, 1.54) is 12.7 Å². The van der Waals surface area contributed by atoms with Gasteiger partial charge in [0.15, 0.2) is 0 Å². The van der Waals surface area contributed by atoms with Gasteiger partial charge in [-0.3, -0.25) is 9.59 Å². The number of benzene rings is 1. The summed E-state index contributed by atoms with van der Waals surface area (Å²) in [5.41, 5.74) is 2.27. The van der Waals surface area contributed by atoms with Gasteiger partial charge in [-0.25, -0.2) is 0 Å². The van der Waals surface area contributed by atoms with Gasteiger partial charge in [-0.2, -0.15) is 0 Å². The van der Waals surface area contributed by atoms with E-state index in [0.717, 1.165) is 35.0 Å². The van der Waals surface area contributed by atoms with Crippen LogP contribution < -0.4 is 5.32 Å². The Hall–Kier alpha value is -1.36. The Balaban J connectivity index is 2.22. The number of anilines is 1. The fraction of sp³-hybridized carbons (Fsp3) is 0.619. The third kappa shape index (κ3) is 2.79. The quantitative estimate of drug-likeness (QED) is 0.671. The van der Waals surface area contributed by atoms with Gasteiger partial charge in [0.05, 0.1) is 18.2 Å². The highest BCUT2D eigenvalue weighted by Gasteiger charge is 2.56. The van der Waals surface area contributed by atoms with E-state index in [1.54, 1.807) is 0 Å². The zero-order valence-electron chi connectivity index (χ0n) is 16.2. The van der Waals surface area contributed by atoms with Crippen molar-refractivity contribution in [2.45, 2.75) is 64.7 Å². The molecule has 3 unspecified atom stereocenters. The summed E-state index contributed by atoms with van der Waals surface area (Å²) in [5.74, 6) is 0.0283. The minimum atomic E-state index is -0.649. The first-order valence-corrected chi connectivity index (χ1v) is 10.2. The smallest absolute Gasteiger partial charge is 0.311 e. The Morgan fingerprint density at radius 3 is 2.62 bits per heavy atom. The third-order valence-corrected chi connectivity index (χ3v) is 7.50. The second-order valence-electron chi connectivity index (χ2n) is 8.53. The Morgan fingerprint density at radius 2 is 2.00 bits per heavy atom. The third-order valence-electron chi connectivity index (χ3n) is 6.65. The van der Waals surface area contributed by atoms with Crippen LogP contribution in [0.4, 0.5) is 5.69 Å². The normalized spacial score (nSPS) is 30.9. The molecule has 1 amide bonds. The molecule has 2 aliphatic rings. The Labute approximate surface area is 164 Å². The van der Waals surface area contributed by atoms with Gasteiger partial charge in [0.25, 0.3) is 0 Å². The average Bonchev–Trinajstić information content (AvgIpc) is 2.70. The molecular formula is C21H28BrNO3. The lowest BCUT2D eigenvalue weighted by molar-refractivity contribution is -0.161. The molecule has 1 aliphatic carbocycles. The summed E-state index contributed by atoms with van der Waals surface area (Å²) in [6, 6.07) is 4.30. The molecular weight excluding hydrogens is 394 g/mol. The molecule has 1 fully saturated rings. The van der Waals surface area contributed by atoms with Crippen LogP contribution in [0, 0.1) is 11.3 Å². The largest absolute Gasteiger partial charge is 0.469 e. The topological polar surface area (TPSA) is 55.4 Å². The molecule has 1 aromatic carbocycles. The number of methoxy groups -OCH3 is 1. The summed E-state index contributed by atoms with van der Waals surface area (Å²) in [7, 11) is 1.44. The first kappa shape index (κ1) is 19.4. The fourth-order valence-electron chi connectivity index (χ4n) is 5.14. The lowest BCUT2D eigenvalue weighted by Gasteiger charge is -2.50. The molecule has 0 spiro atoms. The minimum Gasteiger partial charge on any atom is -0.469 e. The molecule has 1 saturated carbocycles. The number of hydrogen-bond acceptors (Lipinski definition) is 3. The van der Waals surface area contributed by atoms with Gasteiger partial charge in [0, 0.05) is 10.9 Å². The SMILES string of the molecule is COC(=O)C1(C)CCCC2(C)c3ccc(C(C)C)c(Br)c3NC(=O)CC12. The van der Waals surface area contributed by atoms with Gasteiger partial charge in [0.1, 0.15) is 0 Å². The van der Waals surface area contributed by atoms with Gasteiger partial charge < -0.3 is 10.1 Å². The number of carbonyl (C=O) groups is 2. The molecule has 4 nitrogen and oxygen atoms in total. The summed E-state index contributed by atoms with van der Waals surface area (Å²) >= 11 is 3.74. The first-order valence-electron chi connectivity index (χ1n) is 9.36. The highest BCUT2D eigenvalue weighted by atomic mass is 79.9. The van der Waals surface area contributed by atoms with Gasteiger partial charge in [0.2, 0.25) is 5.91 Å². The van der Waals surface area contributed by atoms with E-state index in [-0.39, 0.29) is 23.2 Å². The van der Waals surface area contributed by atoms with Crippen molar-refractivity contribution >= 4 is 33.5 Å². The number of carbonyl (C=O) groups excluding carboxylic acids is 2. The van der Waals surface area contributed by atoms with Crippen molar-refractivity contribution in [2.24, 2.45) is 11.3 Å². The molecule has 142 valence electrons. The second-order valence-corrected chi connectivity index (χ2v) is 9.32. The number of amides is 1. The lowest BCUT2D eigenvalue weighted by atomic mass is 9.53. The summed E-state index contributed by atoms with van der Waals surface area (Å²) in [6.07, 6.45) is 2.99. The van der Waals surface area contributed by atoms with Gasteiger partial charge in [-0.15, -0.1) is 0 Å². The van der Waals surface area contributed by atoms with Crippen molar-refractivity contribution in [3.63, 3.8) is 0 Å². The molecule has 5 heteroatoms. The van der Waals surface area contributed by atoms with Crippen molar-refractivity contribution in [3.05, 3.63) is 27.7 Å². The summed E-state index contributed by atoms with van der Waals surface area (Å²) in [5, 5.41) is 3.12. The van der Waals surface area contributed by atoms with Crippen molar-refractivity contribution in [3.8, 4) is 0 Å². The van der Waals surface area contributed by atoms with Crippen LogP contribution in [0.3, 0.4) is 0 Å². The van der Waals surface area contributed by atoms with Crippen LogP contribution in [-0.4, -0.2) is 19.0 Å². The minimum absolute atomic E-state index is 0.0291. The Kier molecular flexibility index (Phi) is 4.97.